The highest BCUT2D eigenvalue weighted by Gasteiger charge is 2.16. The molecular weight excluding hydrogens is 260 g/mol. The van der Waals surface area contributed by atoms with Crippen molar-refractivity contribution in [2.45, 2.75) is 53.2 Å². The molecule has 0 bridgehead atoms. The minimum absolute atomic E-state index is 0.422. The first kappa shape index (κ1) is 15.8. The van der Waals surface area contributed by atoms with Gasteiger partial charge >= 0.3 is 0 Å². The van der Waals surface area contributed by atoms with Gasteiger partial charge in [0, 0.05) is 30.7 Å². The van der Waals surface area contributed by atoms with E-state index in [1.807, 2.05) is 12.5 Å². The van der Waals surface area contributed by atoms with Gasteiger partial charge in [0.15, 0.2) is 0 Å². The molecule has 4 heteroatoms. The Labute approximate surface area is 128 Å². The molecule has 0 spiro atoms. The van der Waals surface area contributed by atoms with Gasteiger partial charge in [-0.25, -0.2) is 4.98 Å². The highest BCUT2D eigenvalue weighted by Crippen LogP contribution is 2.22. The first-order valence-corrected chi connectivity index (χ1v) is 7.92. The predicted molar refractivity (Wildman–Crippen MR) is 87.4 cm³/mol. The summed E-state index contributed by atoms with van der Waals surface area (Å²) in [5.41, 5.74) is 2.61. The van der Waals surface area contributed by atoms with Crippen molar-refractivity contribution >= 4 is 0 Å². The standard InChI is InChI=1S/C17H28N4/c1-6-19-17(13(2)3)15-7-8-20(10-15)11-16-9-18-12-21(16)14(4)5/h7-10,12-14,17,19H,6,11H2,1-5H3. The predicted octanol–water partition coefficient (Wildman–Crippen LogP) is 3.62. The Hall–Kier alpha value is -1.55. The summed E-state index contributed by atoms with van der Waals surface area (Å²) in [6.07, 6.45) is 8.30. The van der Waals surface area contributed by atoms with Crippen LogP contribution in [0.4, 0.5) is 0 Å². The first-order valence-electron chi connectivity index (χ1n) is 7.92. The second-order valence-electron chi connectivity index (χ2n) is 6.28. The van der Waals surface area contributed by atoms with Crippen molar-refractivity contribution < 1.29 is 0 Å². The van der Waals surface area contributed by atoms with E-state index in [0.29, 0.717) is 18.0 Å². The molecule has 21 heavy (non-hydrogen) atoms. The van der Waals surface area contributed by atoms with Gasteiger partial charge in [0.05, 0.1) is 18.6 Å². The molecule has 4 nitrogen and oxygen atoms in total. The Morgan fingerprint density at radius 1 is 1.24 bits per heavy atom. The number of hydrogen-bond donors (Lipinski definition) is 1. The Morgan fingerprint density at radius 2 is 2.00 bits per heavy atom. The van der Waals surface area contributed by atoms with Gasteiger partial charge < -0.3 is 14.5 Å². The maximum Gasteiger partial charge on any atom is 0.0951 e. The zero-order chi connectivity index (χ0) is 15.4. The summed E-state index contributed by atoms with van der Waals surface area (Å²) in [6, 6.07) is 3.10. The second kappa shape index (κ2) is 6.94. The van der Waals surface area contributed by atoms with Crippen LogP contribution >= 0.6 is 0 Å². The van der Waals surface area contributed by atoms with E-state index in [9.17, 15) is 0 Å². The van der Waals surface area contributed by atoms with Crippen LogP contribution in [-0.4, -0.2) is 20.7 Å². The molecule has 0 aliphatic carbocycles. The highest BCUT2D eigenvalue weighted by molar-refractivity contribution is 5.17. The molecule has 1 atom stereocenters. The summed E-state index contributed by atoms with van der Waals surface area (Å²) in [5.74, 6) is 0.585. The maximum absolute atomic E-state index is 4.28. The SMILES string of the molecule is CCNC(c1ccn(Cc2cncn2C(C)C)c1)C(C)C. The van der Waals surface area contributed by atoms with Crippen LogP contribution in [0, 0.1) is 5.92 Å². The number of aromatic nitrogens is 3. The molecule has 0 radical (unpaired) electrons. The molecule has 2 aromatic rings. The normalized spacial score (nSPS) is 13.3. The summed E-state index contributed by atoms with van der Waals surface area (Å²) >= 11 is 0. The average molecular weight is 288 g/mol. The summed E-state index contributed by atoms with van der Waals surface area (Å²) in [6.45, 7) is 12.9. The fraction of sp³-hybridized carbons (Fsp3) is 0.588. The van der Waals surface area contributed by atoms with E-state index in [2.05, 4.69) is 72.5 Å². The zero-order valence-corrected chi connectivity index (χ0v) is 13.9. The maximum atomic E-state index is 4.28. The molecule has 2 aromatic heterocycles. The number of nitrogens with one attached hydrogen (secondary N) is 1. The van der Waals surface area contributed by atoms with Gasteiger partial charge in [0.25, 0.3) is 0 Å². The zero-order valence-electron chi connectivity index (χ0n) is 13.9. The molecule has 0 aliphatic heterocycles. The molecule has 0 fully saturated rings. The van der Waals surface area contributed by atoms with Gasteiger partial charge in [-0.3, -0.25) is 0 Å². The van der Waals surface area contributed by atoms with E-state index in [1.165, 1.54) is 11.3 Å². The van der Waals surface area contributed by atoms with Gasteiger partial charge in [-0.2, -0.15) is 0 Å². The Morgan fingerprint density at radius 3 is 2.62 bits per heavy atom. The van der Waals surface area contributed by atoms with Crippen LogP contribution < -0.4 is 5.32 Å². The number of nitrogens with zero attached hydrogens (tertiary/aromatic N) is 3. The molecule has 1 unspecified atom stereocenters. The topological polar surface area (TPSA) is 34.8 Å². The van der Waals surface area contributed by atoms with Crippen LogP contribution in [0.25, 0.3) is 0 Å². The third-order valence-corrected chi connectivity index (χ3v) is 3.87. The van der Waals surface area contributed by atoms with Crippen molar-refractivity contribution in [2.24, 2.45) is 5.92 Å². The summed E-state index contributed by atoms with van der Waals surface area (Å²) < 4.78 is 4.47. The number of imidazole rings is 1. The van der Waals surface area contributed by atoms with Gasteiger partial charge in [-0.05, 0) is 37.9 Å². The van der Waals surface area contributed by atoms with E-state index in [4.69, 9.17) is 0 Å². The van der Waals surface area contributed by atoms with Crippen LogP contribution in [0.15, 0.2) is 31.0 Å². The number of hydrogen-bond acceptors (Lipinski definition) is 2. The Bertz CT molecular complexity index is 551. The van der Waals surface area contributed by atoms with Gasteiger partial charge in [-0.1, -0.05) is 20.8 Å². The summed E-state index contributed by atoms with van der Waals surface area (Å²) in [5, 5.41) is 3.57. The largest absolute Gasteiger partial charge is 0.348 e. The van der Waals surface area contributed by atoms with E-state index in [0.717, 1.165) is 13.1 Å². The van der Waals surface area contributed by atoms with Crippen molar-refractivity contribution in [3.05, 3.63) is 42.2 Å². The summed E-state index contributed by atoms with van der Waals surface area (Å²) in [7, 11) is 0. The molecule has 2 rings (SSSR count). The van der Waals surface area contributed by atoms with Crippen molar-refractivity contribution in [3.63, 3.8) is 0 Å². The fourth-order valence-electron chi connectivity index (χ4n) is 2.81. The lowest BCUT2D eigenvalue weighted by molar-refractivity contribution is 0.421. The summed E-state index contributed by atoms with van der Waals surface area (Å²) in [4.78, 5) is 4.28. The fourth-order valence-corrected chi connectivity index (χ4v) is 2.81. The minimum Gasteiger partial charge on any atom is -0.348 e. The smallest absolute Gasteiger partial charge is 0.0951 e. The van der Waals surface area contributed by atoms with Crippen molar-refractivity contribution in [1.29, 1.82) is 0 Å². The average Bonchev–Trinajstić information content (AvgIpc) is 3.05. The molecule has 0 aliphatic rings. The Kier molecular flexibility index (Phi) is 5.23. The molecule has 0 amide bonds. The molecule has 0 aromatic carbocycles. The highest BCUT2D eigenvalue weighted by atomic mass is 15.1. The molecule has 1 N–H and O–H groups in total. The van der Waals surface area contributed by atoms with Gasteiger partial charge in [0.1, 0.15) is 0 Å². The van der Waals surface area contributed by atoms with Crippen molar-refractivity contribution in [3.8, 4) is 0 Å². The first-order chi connectivity index (χ1) is 10.0. The van der Waals surface area contributed by atoms with Crippen molar-refractivity contribution in [1.82, 2.24) is 19.4 Å². The van der Waals surface area contributed by atoms with Gasteiger partial charge in [0.2, 0.25) is 0 Å². The molecule has 2 heterocycles. The monoisotopic (exact) mass is 288 g/mol. The van der Waals surface area contributed by atoms with Crippen LogP contribution in [0.2, 0.25) is 0 Å². The molecule has 0 saturated carbocycles. The van der Waals surface area contributed by atoms with E-state index < -0.39 is 0 Å². The van der Waals surface area contributed by atoms with Crippen LogP contribution in [0.5, 0.6) is 0 Å². The van der Waals surface area contributed by atoms with Crippen LogP contribution in [0.1, 0.15) is 58.0 Å². The lowest BCUT2D eigenvalue weighted by Crippen LogP contribution is -2.25. The lowest BCUT2D eigenvalue weighted by atomic mass is 9.98. The quantitative estimate of drug-likeness (QED) is 0.844. The Balaban J connectivity index is 2.14. The molecular formula is C17H28N4. The third kappa shape index (κ3) is 3.76. The van der Waals surface area contributed by atoms with E-state index in [1.54, 1.807) is 0 Å². The lowest BCUT2D eigenvalue weighted by Gasteiger charge is -2.20. The molecule has 0 saturated heterocycles. The third-order valence-electron chi connectivity index (χ3n) is 3.87. The number of rotatable bonds is 7. The van der Waals surface area contributed by atoms with Crippen molar-refractivity contribution in [2.75, 3.05) is 6.54 Å². The van der Waals surface area contributed by atoms with E-state index >= 15 is 0 Å². The van der Waals surface area contributed by atoms with E-state index in [-0.39, 0.29) is 0 Å². The second-order valence-corrected chi connectivity index (χ2v) is 6.28. The minimum atomic E-state index is 0.422. The molecule has 116 valence electrons. The van der Waals surface area contributed by atoms with Crippen LogP contribution in [0.3, 0.4) is 0 Å². The van der Waals surface area contributed by atoms with Gasteiger partial charge in [-0.15, -0.1) is 0 Å². The van der Waals surface area contributed by atoms with Crippen LogP contribution in [-0.2, 0) is 6.54 Å².